The second-order valence-electron chi connectivity index (χ2n) is 3.37. The second-order valence-corrected chi connectivity index (χ2v) is 4.32. The summed E-state index contributed by atoms with van der Waals surface area (Å²) in [6.07, 6.45) is 0. The van der Waals surface area contributed by atoms with Gasteiger partial charge in [-0.15, -0.1) is 11.3 Å². The fourth-order valence-corrected chi connectivity index (χ4v) is 1.71. The van der Waals surface area contributed by atoms with Crippen LogP contribution in [0.25, 0.3) is 0 Å². The summed E-state index contributed by atoms with van der Waals surface area (Å²) in [5.74, 6) is 0.850. The number of carbonyl (C=O) groups excluding carboxylic acids is 1. The maximum Gasteiger partial charge on any atom is 0.175 e. The van der Waals surface area contributed by atoms with E-state index in [1.165, 1.54) is 11.3 Å². The van der Waals surface area contributed by atoms with Crippen molar-refractivity contribution in [2.45, 2.75) is 20.8 Å². The van der Waals surface area contributed by atoms with Crippen molar-refractivity contribution >= 4 is 17.1 Å². The highest BCUT2D eigenvalue weighted by Gasteiger charge is 2.18. The number of ketones is 1. The summed E-state index contributed by atoms with van der Waals surface area (Å²) in [5, 5.41) is 1.94. The average molecular weight is 182 g/mol. The van der Waals surface area contributed by atoms with Gasteiger partial charge < -0.3 is 0 Å². The van der Waals surface area contributed by atoms with E-state index in [0.717, 1.165) is 4.88 Å². The quantitative estimate of drug-likeness (QED) is 0.656. The van der Waals surface area contributed by atoms with Crippen LogP contribution in [-0.4, -0.2) is 5.78 Å². The van der Waals surface area contributed by atoms with Gasteiger partial charge in [-0.3, -0.25) is 4.79 Å². The Kier molecular flexibility index (Phi) is 3.04. The van der Waals surface area contributed by atoms with Crippen LogP contribution in [0.2, 0.25) is 0 Å². The predicted molar refractivity (Wildman–Crippen MR) is 52.7 cm³/mol. The van der Waals surface area contributed by atoms with Gasteiger partial charge in [0.15, 0.2) is 5.78 Å². The Morgan fingerprint density at radius 2 is 2.08 bits per heavy atom. The van der Waals surface area contributed by atoms with Crippen molar-refractivity contribution in [1.29, 1.82) is 0 Å². The summed E-state index contributed by atoms with van der Waals surface area (Å²) >= 11 is 1.53. The Morgan fingerprint density at radius 1 is 1.42 bits per heavy atom. The predicted octanol–water partition coefficient (Wildman–Crippen LogP) is 3.22. The highest BCUT2D eigenvalue weighted by molar-refractivity contribution is 7.12. The summed E-state index contributed by atoms with van der Waals surface area (Å²) in [4.78, 5) is 12.5. The maximum absolute atomic E-state index is 11.7. The highest BCUT2D eigenvalue weighted by Crippen LogP contribution is 2.19. The van der Waals surface area contributed by atoms with Gasteiger partial charge in [0.25, 0.3) is 0 Å². The molecule has 0 radical (unpaired) electrons. The smallest absolute Gasteiger partial charge is 0.175 e. The van der Waals surface area contributed by atoms with Gasteiger partial charge >= 0.3 is 0 Å². The van der Waals surface area contributed by atoms with E-state index in [0.29, 0.717) is 5.92 Å². The number of carbonyl (C=O) groups is 1. The zero-order chi connectivity index (χ0) is 9.14. The molecule has 1 nitrogen and oxygen atoms in total. The molecule has 1 unspecified atom stereocenters. The van der Waals surface area contributed by atoms with E-state index in [1.807, 2.05) is 24.4 Å². The molecule has 0 aliphatic carbocycles. The summed E-state index contributed by atoms with van der Waals surface area (Å²) in [6, 6.07) is 3.82. The van der Waals surface area contributed by atoms with Crippen LogP contribution in [0.4, 0.5) is 0 Å². The molecule has 1 rings (SSSR count). The molecule has 0 amide bonds. The van der Waals surface area contributed by atoms with Gasteiger partial charge in [0.1, 0.15) is 0 Å². The molecular formula is C10H14OS. The van der Waals surface area contributed by atoms with Crippen LogP contribution >= 0.6 is 11.3 Å². The van der Waals surface area contributed by atoms with E-state index < -0.39 is 0 Å². The third-order valence-corrected chi connectivity index (χ3v) is 3.06. The lowest BCUT2D eigenvalue weighted by molar-refractivity contribution is 0.0904. The first-order valence-electron chi connectivity index (χ1n) is 4.20. The molecule has 0 saturated carbocycles. The molecule has 1 heterocycles. The minimum absolute atomic E-state index is 0.142. The Bertz CT molecular complexity index is 249. The molecule has 0 fully saturated rings. The number of Topliss-reactive ketones (excluding diaryl/α,β-unsaturated/α-hetero) is 1. The number of thiophene rings is 1. The molecule has 12 heavy (non-hydrogen) atoms. The molecule has 0 aromatic carbocycles. The van der Waals surface area contributed by atoms with E-state index in [4.69, 9.17) is 0 Å². The molecule has 1 aromatic heterocycles. The summed E-state index contributed by atoms with van der Waals surface area (Å²) in [7, 11) is 0. The summed E-state index contributed by atoms with van der Waals surface area (Å²) in [5.41, 5.74) is 0. The topological polar surface area (TPSA) is 17.1 Å². The van der Waals surface area contributed by atoms with Crippen LogP contribution in [-0.2, 0) is 0 Å². The van der Waals surface area contributed by atoms with E-state index in [9.17, 15) is 4.79 Å². The minimum atomic E-state index is 0.142. The zero-order valence-electron chi connectivity index (χ0n) is 7.70. The first-order valence-corrected chi connectivity index (χ1v) is 5.08. The van der Waals surface area contributed by atoms with Gasteiger partial charge in [-0.2, -0.15) is 0 Å². The van der Waals surface area contributed by atoms with Gasteiger partial charge in [0, 0.05) is 5.92 Å². The minimum Gasteiger partial charge on any atom is -0.293 e. The number of rotatable bonds is 3. The first-order chi connectivity index (χ1) is 5.63. The zero-order valence-corrected chi connectivity index (χ0v) is 8.52. The molecule has 1 aromatic rings. The standard InChI is InChI=1S/C10H14OS/c1-7(2)8(3)10(11)9-5-4-6-12-9/h4-8H,1-3H3. The average Bonchev–Trinajstić information content (AvgIpc) is 2.53. The van der Waals surface area contributed by atoms with E-state index in [-0.39, 0.29) is 11.7 Å². The molecule has 0 bridgehead atoms. The van der Waals surface area contributed by atoms with Crippen LogP contribution in [0.1, 0.15) is 30.4 Å². The van der Waals surface area contributed by atoms with Crippen LogP contribution in [0.5, 0.6) is 0 Å². The van der Waals surface area contributed by atoms with Gasteiger partial charge in [-0.1, -0.05) is 26.8 Å². The molecule has 0 spiro atoms. The Hall–Kier alpha value is -0.630. The molecule has 2 heteroatoms. The van der Waals surface area contributed by atoms with Crippen LogP contribution < -0.4 is 0 Å². The third kappa shape index (κ3) is 1.95. The largest absolute Gasteiger partial charge is 0.293 e. The number of hydrogen-bond acceptors (Lipinski definition) is 2. The van der Waals surface area contributed by atoms with Gasteiger partial charge in [0.05, 0.1) is 4.88 Å². The normalized spacial score (nSPS) is 13.3. The van der Waals surface area contributed by atoms with Crippen LogP contribution in [0.3, 0.4) is 0 Å². The monoisotopic (exact) mass is 182 g/mol. The first kappa shape index (κ1) is 9.46. The highest BCUT2D eigenvalue weighted by atomic mass is 32.1. The van der Waals surface area contributed by atoms with E-state index >= 15 is 0 Å². The summed E-state index contributed by atoms with van der Waals surface area (Å²) in [6.45, 7) is 6.15. The third-order valence-electron chi connectivity index (χ3n) is 2.18. The molecule has 0 aliphatic rings. The number of hydrogen-bond donors (Lipinski definition) is 0. The van der Waals surface area contributed by atoms with Crippen molar-refractivity contribution in [3.63, 3.8) is 0 Å². The maximum atomic E-state index is 11.7. The molecule has 1 atom stereocenters. The van der Waals surface area contributed by atoms with Crippen molar-refractivity contribution in [1.82, 2.24) is 0 Å². The van der Waals surface area contributed by atoms with Crippen molar-refractivity contribution < 1.29 is 4.79 Å². The van der Waals surface area contributed by atoms with Gasteiger partial charge in [0.2, 0.25) is 0 Å². The lowest BCUT2D eigenvalue weighted by atomic mass is 9.93. The van der Waals surface area contributed by atoms with Crippen molar-refractivity contribution in [3.8, 4) is 0 Å². The molecule has 0 saturated heterocycles. The van der Waals surface area contributed by atoms with Crippen LogP contribution in [0.15, 0.2) is 17.5 Å². The van der Waals surface area contributed by atoms with Crippen LogP contribution in [0, 0.1) is 11.8 Å². The second kappa shape index (κ2) is 3.85. The van der Waals surface area contributed by atoms with E-state index in [1.54, 1.807) is 0 Å². The lowest BCUT2D eigenvalue weighted by Gasteiger charge is -2.12. The lowest BCUT2D eigenvalue weighted by Crippen LogP contribution is -2.15. The Morgan fingerprint density at radius 3 is 2.50 bits per heavy atom. The van der Waals surface area contributed by atoms with Crippen molar-refractivity contribution in [2.75, 3.05) is 0 Å². The summed E-state index contributed by atoms with van der Waals surface area (Å²) < 4.78 is 0. The fraction of sp³-hybridized carbons (Fsp3) is 0.500. The SMILES string of the molecule is CC(C)C(C)C(=O)c1cccs1. The molecule has 0 N–H and O–H groups in total. The fourth-order valence-electron chi connectivity index (χ4n) is 0.946. The van der Waals surface area contributed by atoms with E-state index in [2.05, 4.69) is 13.8 Å². The van der Waals surface area contributed by atoms with Gasteiger partial charge in [-0.05, 0) is 17.4 Å². The molecular weight excluding hydrogens is 168 g/mol. The Balaban J connectivity index is 2.72. The Labute approximate surface area is 77.4 Å². The molecule has 0 aliphatic heterocycles. The van der Waals surface area contributed by atoms with Gasteiger partial charge in [-0.25, -0.2) is 0 Å². The van der Waals surface area contributed by atoms with Crippen molar-refractivity contribution in [2.24, 2.45) is 11.8 Å². The van der Waals surface area contributed by atoms with Crippen molar-refractivity contribution in [3.05, 3.63) is 22.4 Å². The molecule has 66 valence electrons.